The molecule has 2 amide bonds. The summed E-state index contributed by atoms with van der Waals surface area (Å²) in [6, 6.07) is 9.72. The van der Waals surface area contributed by atoms with Crippen LogP contribution in [0.3, 0.4) is 0 Å². The Morgan fingerprint density at radius 2 is 2.05 bits per heavy atom. The SMILES string of the molecule is CN1CCCC1c1ccc(N=C(C=C(N)c2ccc(F)c(NC(=O)c3cc4c(s3)CC[C@@H](O)C4)c2)C(N)=O)nc1. The van der Waals surface area contributed by atoms with Gasteiger partial charge in [0.2, 0.25) is 0 Å². The van der Waals surface area contributed by atoms with Crippen molar-refractivity contribution >= 4 is 46.1 Å². The number of amides is 2. The van der Waals surface area contributed by atoms with Gasteiger partial charge in [0.1, 0.15) is 11.5 Å². The first-order valence-corrected chi connectivity index (χ1v) is 13.9. The van der Waals surface area contributed by atoms with E-state index in [1.807, 2.05) is 6.07 Å². The average molecular weight is 563 g/mol. The number of benzene rings is 1. The molecule has 0 spiro atoms. The third-order valence-corrected chi connectivity index (χ3v) is 8.52. The van der Waals surface area contributed by atoms with E-state index in [0.717, 1.165) is 35.4 Å². The molecule has 2 atom stereocenters. The van der Waals surface area contributed by atoms with Gasteiger partial charge in [-0.3, -0.25) is 14.5 Å². The van der Waals surface area contributed by atoms with Crippen molar-refractivity contribution in [1.29, 1.82) is 0 Å². The van der Waals surface area contributed by atoms with Gasteiger partial charge in [-0.15, -0.1) is 11.3 Å². The highest BCUT2D eigenvalue weighted by atomic mass is 32.1. The van der Waals surface area contributed by atoms with Crippen molar-refractivity contribution in [2.75, 3.05) is 18.9 Å². The number of aryl methyl sites for hydroxylation is 1. The summed E-state index contributed by atoms with van der Waals surface area (Å²) in [6.07, 6.45) is 6.71. The number of fused-ring (bicyclic) bond motifs is 1. The van der Waals surface area contributed by atoms with Crippen molar-refractivity contribution in [3.8, 4) is 0 Å². The summed E-state index contributed by atoms with van der Waals surface area (Å²) in [5.74, 6) is -1.58. The van der Waals surface area contributed by atoms with Crippen LogP contribution in [0.2, 0.25) is 0 Å². The maximum Gasteiger partial charge on any atom is 0.267 e. The van der Waals surface area contributed by atoms with Gasteiger partial charge in [0.15, 0.2) is 5.82 Å². The minimum absolute atomic E-state index is 0.0584. The van der Waals surface area contributed by atoms with Crippen molar-refractivity contribution in [1.82, 2.24) is 9.88 Å². The number of rotatable bonds is 7. The number of aliphatic hydroxyl groups excluding tert-OH is 1. The number of aliphatic imine (C=N–C) groups is 1. The fourth-order valence-electron chi connectivity index (χ4n) is 5.11. The summed E-state index contributed by atoms with van der Waals surface area (Å²) in [4.78, 5) is 37.4. The molecular formula is C29H31FN6O3S. The standard InChI is InChI=1S/C29H31FN6O3S/c1-36-10-2-3-24(36)17-5-9-27(33-15-17)34-23(28(32)38)14-21(31)16-4-7-20(30)22(12-16)35-29(39)26-13-18-11-19(37)6-8-25(18)40-26/h4-5,7,9,12-15,19,24,37H,2-3,6,8,10-11,31H2,1H3,(H2,32,38)(H,35,39)/t19-,24?/m1/s1. The van der Waals surface area contributed by atoms with E-state index in [9.17, 15) is 19.1 Å². The number of nitrogens with zero attached hydrogens (tertiary/aromatic N) is 3. The predicted molar refractivity (Wildman–Crippen MR) is 154 cm³/mol. The molecule has 3 aromatic rings. The van der Waals surface area contributed by atoms with Crippen molar-refractivity contribution in [2.45, 2.75) is 44.2 Å². The quantitative estimate of drug-likeness (QED) is 0.323. The van der Waals surface area contributed by atoms with Crippen LogP contribution in [-0.4, -0.2) is 52.2 Å². The smallest absolute Gasteiger partial charge is 0.267 e. The van der Waals surface area contributed by atoms with E-state index in [4.69, 9.17) is 11.5 Å². The third-order valence-electron chi connectivity index (χ3n) is 7.28. The number of likely N-dealkylation sites (tertiary alicyclic amines) is 1. The van der Waals surface area contributed by atoms with Crippen LogP contribution in [0.1, 0.15) is 56.5 Å². The lowest BCUT2D eigenvalue weighted by Crippen LogP contribution is -2.22. The summed E-state index contributed by atoms with van der Waals surface area (Å²) in [6.45, 7) is 1.04. The largest absolute Gasteiger partial charge is 0.398 e. The Balaban J connectivity index is 1.34. The Bertz CT molecular complexity index is 1500. The van der Waals surface area contributed by atoms with Crippen LogP contribution in [0.25, 0.3) is 5.70 Å². The molecule has 2 aliphatic rings. The zero-order valence-electron chi connectivity index (χ0n) is 22.1. The molecule has 1 fully saturated rings. The zero-order valence-corrected chi connectivity index (χ0v) is 22.9. The number of primary amides is 1. The fourth-order valence-corrected chi connectivity index (χ4v) is 6.21. The van der Waals surface area contributed by atoms with Crippen molar-refractivity contribution < 1.29 is 19.1 Å². The maximum absolute atomic E-state index is 14.6. The number of thiophene rings is 1. The van der Waals surface area contributed by atoms with E-state index >= 15 is 0 Å². The van der Waals surface area contributed by atoms with E-state index in [1.165, 1.54) is 35.6 Å². The number of hydrogen-bond donors (Lipinski definition) is 4. The fraction of sp³-hybridized carbons (Fsp3) is 0.310. The normalized spacial score (nSPS) is 19.9. The van der Waals surface area contributed by atoms with Crippen LogP contribution in [0, 0.1) is 5.82 Å². The molecule has 2 aromatic heterocycles. The molecule has 6 N–H and O–H groups in total. The van der Waals surface area contributed by atoms with Gasteiger partial charge in [-0.05, 0) is 98.8 Å². The maximum atomic E-state index is 14.6. The number of pyridine rings is 1. The van der Waals surface area contributed by atoms with Gasteiger partial charge >= 0.3 is 0 Å². The van der Waals surface area contributed by atoms with Gasteiger partial charge in [0.25, 0.3) is 11.8 Å². The number of nitrogens with two attached hydrogens (primary N) is 2. The van der Waals surface area contributed by atoms with Crippen LogP contribution in [0.4, 0.5) is 15.9 Å². The van der Waals surface area contributed by atoms with Crippen LogP contribution in [0.5, 0.6) is 0 Å². The average Bonchev–Trinajstić information content (AvgIpc) is 3.55. The van der Waals surface area contributed by atoms with E-state index < -0.39 is 23.7 Å². The summed E-state index contributed by atoms with van der Waals surface area (Å²) in [5.41, 5.74) is 14.1. The molecule has 1 aliphatic carbocycles. The first-order chi connectivity index (χ1) is 19.2. The van der Waals surface area contributed by atoms with Crippen LogP contribution < -0.4 is 16.8 Å². The Morgan fingerprint density at radius 3 is 2.75 bits per heavy atom. The summed E-state index contributed by atoms with van der Waals surface area (Å²) in [5, 5.41) is 12.5. The molecule has 0 radical (unpaired) electrons. The predicted octanol–water partition coefficient (Wildman–Crippen LogP) is 3.71. The van der Waals surface area contributed by atoms with Crippen LogP contribution in [-0.2, 0) is 17.6 Å². The van der Waals surface area contributed by atoms with Gasteiger partial charge in [0, 0.05) is 22.8 Å². The second-order valence-electron chi connectivity index (χ2n) is 10.2. The summed E-state index contributed by atoms with van der Waals surface area (Å²) in [7, 11) is 2.08. The lowest BCUT2D eigenvalue weighted by molar-refractivity contribution is -0.111. The van der Waals surface area contributed by atoms with Crippen molar-refractivity contribution in [3.63, 3.8) is 0 Å². The molecule has 5 rings (SSSR count). The number of anilines is 1. The van der Waals surface area contributed by atoms with E-state index in [1.54, 1.807) is 18.3 Å². The van der Waals surface area contributed by atoms with Gasteiger partial charge in [-0.2, -0.15) is 0 Å². The molecule has 11 heteroatoms. The highest BCUT2D eigenvalue weighted by Gasteiger charge is 2.23. The molecular weight excluding hydrogens is 531 g/mol. The molecule has 40 heavy (non-hydrogen) atoms. The monoisotopic (exact) mass is 562 g/mol. The number of nitrogens with one attached hydrogen (secondary N) is 1. The highest BCUT2D eigenvalue weighted by Crippen LogP contribution is 2.32. The van der Waals surface area contributed by atoms with Crippen LogP contribution in [0.15, 0.2) is 53.7 Å². The number of carbonyl (C=O) groups is 2. The number of carbonyl (C=O) groups excluding carboxylic acids is 2. The number of aromatic nitrogens is 1. The Hall–Kier alpha value is -3.93. The molecule has 9 nitrogen and oxygen atoms in total. The second kappa shape index (κ2) is 11.7. The molecule has 1 saturated heterocycles. The van der Waals surface area contributed by atoms with Gasteiger partial charge < -0.3 is 21.9 Å². The highest BCUT2D eigenvalue weighted by molar-refractivity contribution is 7.14. The molecule has 1 aliphatic heterocycles. The van der Waals surface area contributed by atoms with Gasteiger partial charge in [-0.25, -0.2) is 14.4 Å². The summed E-state index contributed by atoms with van der Waals surface area (Å²) >= 11 is 1.34. The van der Waals surface area contributed by atoms with E-state index in [2.05, 4.69) is 27.2 Å². The van der Waals surface area contributed by atoms with Crippen molar-refractivity contribution in [2.24, 2.45) is 16.5 Å². The van der Waals surface area contributed by atoms with Gasteiger partial charge in [0.05, 0.1) is 16.7 Å². The Morgan fingerprint density at radius 1 is 1.23 bits per heavy atom. The van der Waals surface area contributed by atoms with E-state index in [-0.39, 0.29) is 17.1 Å². The first kappa shape index (κ1) is 27.6. The zero-order chi connectivity index (χ0) is 28.4. The van der Waals surface area contributed by atoms with E-state index in [0.29, 0.717) is 41.6 Å². The molecule has 1 unspecified atom stereocenters. The molecule has 208 valence electrons. The molecule has 1 aromatic carbocycles. The Kier molecular flexibility index (Phi) is 8.06. The minimum atomic E-state index is -0.799. The number of aliphatic hydroxyl groups is 1. The molecule has 0 saturated carbocycles. The van der Waals surface area contributed by atoms with Crippen molar-refractivity contribution in [3.05, 3.63) is 80.9 Å². The summed E-state index contributed by atoms with van der Waals surface area (Å²) < 4.78 is 14.6. The minimum Gasteiger partial charge on any atom is -0.398 e. The number of hydrogen-bond acceptors (Lipinski definition) is 8. The topological polar surface area (TPSA) is 147 Å². The molecule has 0 bridgehead atoms. The lowest BCUT2D eigenvalue weighted by atomic mass is 9.96. The second-order valence-corrected chi connectivity index (χ2v) is 11.3. The Labute approximate surface area is 235 Å². The lowest BCUT2D eigenvalue weighted by Gasteiger charge is -2.19. The first-order valence-electron chi connectivity index (χ1n) is 13.1. The number of halogens is 1. The third kappa shape index (κ3) is 6.11. The molecule has 3 heterocycles. The van der Waals surface area contributed by atoms with Gasteiger partial charge in [-0.1, -0.05) is 6.07 Å². The van der Waals surface area contributed by atoms with Crippen LogP contribution >= 0.6 is 11.3 Å².